The normalized spacial score (nSPS) is 17.8. The molecule has 0 spiro atoms. The van der Waals surface area contributed by atoms with Crippen molar-refractivity contribution >= 4 is 11.6 Å². The van der Waals surface area contributed by atoms with E-state index in [2.05, 4.69) is 0 Å². The van der Waals surface area contributed by atoms with E-state index in [0.717, 1.165) is 5.56 Å². The molecule has 19 heavy (non-hydrogen) atoms. The van der Waals surface area contributed by atoms with Crippen LogP contribution in [-0.4, -0.2) is 34.5 Å². The molecule has 5 nitrogen and oxygen atoms in total. The SMILES string of the molecule is CC(=O)CCc1cc(O)c2c(c1)O[C@@H](CO)CC2=O. The number of ketones is 2. The fourth-order valence-electron chi connectivity index (χ4n) is 2.13. The van der Waals surface area contributed by atoms with Crippen LogP contribution in [0.4, 0.5) is 0 Å². The number of phenols is 1. The minimum absolute atomic E-state index is 0.0578. The zero-order valence-electron chi connectivity index (χ0n) is 10.7. The van der Waals surface area contributed by atoms with Gasteiger partial charge in [0, 0.05) is 6.42 Å². The number of phenolic OH excluding ortho intramolecular Hbond substituents is 1. The standard InChI is InChI=1S/C14H16O5/c1-8(16)2-3-9-4-11(17)14-12(18)6-10(7-15)19-13(14)5-9/h4-5,10,15,17H,2-3,6-7H2,1H3/t10-/m1/s1. The smallest absolute Gasteiger partial charge is 0.174 e. The summed E-state index contributed by atoms with van der Waals surface area (Å²) < 4.78 is 5.46. The van der Waals surface area contributed by atoms with Crippen LogP contribution in [0.2, 0.25) is 0 Å². The number of aromatic hydroxyl groups is 1. The topological polar surface area (TPSA) is 83.8 Å². The summed E-state index contributed by atoms with van der Waals surface area (Å²) in [6.45, 7) is 1.25. The van der Waals surface area contributed by atoms with Crippen molar-refractivity contribution in [2.75, 3.05) is 6.61 Å². The maximum Gasteiger partial charge on any atom is 0.174 e. The fourth-order valence-corrected chi connectivity index (χ4v) is 2.13. The number of benzene rings is 1. The van der Waals surface area contributed by atoms with Gasteiger partial charge < -0.3 is 19.7 Å². The average Bonchev–Trinajstić information content (AvgIpc) is 2.35. The van der Waals surface area contributed by atoms with Crippen molar-refractivity contribution in [2.24, 2.45) is 0 Å². The highest BCUT2D eigenvalue weighted by Crippen LogP contribution is 2.35. The van der Waals surface area contributed by atoms with Gasteiger partial charge in [-0.25, -0.2) is 0 Å². The minimum Gasteiger partial charge on any atom is -0.507 e. The van der Waals surface area contributed by atoms with Crippen molar-refractivity contribution in [3.8, 4) is 11.5 Å². The number of hydrogen-bond acceptors (Lipinski definition) is 5. The summed E-state index contributed by atoms with van der Waals surface area (Å²) in [6.07, 6.45) is 0.346. The van der Waals surface area contributed by atoms with Crippen LogP contribution in [-0.2, 0) is 11.2 Å². The van der Waals surface area contributed by atoms with Gasteiger partial charge in [0.1, 0.15) is 28.9 Å². The van der Waals surface area contributed by atoms with E-state index in [-0.39, 0.29) is 41.7 Å². The van der Waals surface area contributed by atoms with Crippen LogP contribution < -0.4 is 4.74 Å². The summed E-state index contributed by atoms with van der Waals surface area (Å²) in [4.78, 5) is 22.8. The van der Waals surface area contributed by atoms with Crippen LogP contribution in [0.1, 0.15) is 35.7 Å². The highest BCUT2D eigenvalue weighted by molar-refractivity contribution is 6.02. The largest absolute Gasteiger partial charge is 0.507 e. The Hall–Kier alpha value is -1.88. The predicted octanol–water partition coefficient (Wildman–Crippen LogP) is 1.24. The molecule has 1 aromatic carbocycles. The third kappa shape index (κ3) is 2.93. The molecule has 1 aliphatic rings. The molecule has 0 unspecified atom stereocenters. The monoisotopic (exact) mass is 264 g/mol. The van der Waals surface area contributed by atoms with Crippen molar-refractivity contribution in [3.63, 3.8) is 0 Å². The van der Waals surface area contributed by atoms with Crippen LogP contribution in [0, 0.1) is 0 Å². The van der Waals surface area contributed by atoms with E-state index in [1.54, 1.807) is 6.07 Å². The molecule has 0 saturated carbocycles. The van der Waals surface area contributed by atoms with Gasteiger partial charge in [-0.05, 0) is 31.0 Å². The first-order valence-corrected chi connectivity index (χ1v) is 6.17. The summed E-state index contributed by atoms with van der Waals surface area (Å²) in [5, 5.41) is 18.9. The third-order valence-corrected chi connectivity index (χ3v) is 3.10. The second-order valence-electron chi connectivity index (χ2n) is 4.74. The van der Waals surface area contributed by atoms with Crippen LogP contribution in [0.15, 0.2) is 12.1 Å². The second-order valence-corrected chi connectivity index (χ2v) is 4.74. The molecule has 2 N–H and O–H groups in total. The van der Waals surface area contributed by atoms with Gasteiger partial charge in [-0.1, -0.05) is 0 Å². The molecule has 0 bridgehead atoms. The molecule has 0 aromatic heterocycles. The maximum absolute atomic E-state index is 11.8. The summed E-state index contributed by atoms with van der Waals surface area (Å²) in [6, 6.07) is 3.14. The van der Waals surface area contributed by atoms with E-state index >= 15 is 0 Å². The maximum atomic E-state index is 11.8. The fraction of sp³-hybridized carbons (Fsp3) is 0.429. The number of hydrogen-bond donors (Lipinski definition) is 2. The Bertz CT molecular complexity index is 521. The first kappa shape index (κ1) is 13.5. The molecular weight excluding hydrogens is 248 g/mol. The van der Waals surface area contributed by atoms with Gasteiger partial charge in [0.2, 0.25) is 0 Å². The lowest BCUT2D eigenvalue weighted by molar-refractivity contribution is -0.116. The van der Waals surface area contributed by atoms with Crippen LogP contribution >= 0.6 is 0 Å². The van der Waals surface area contributed by atoms with Crippen LogP contribution in [0.3, 0.4) is 0 Å². The average molecular weight is 264 g/mol. The Morgan fingerprint density at radius 3 is 2.84 bits per heavy atom. The molecule has 1 aromatic rings. The summed E-state index contributed by atoms with van der Waals surface area (Å²) in [7, 11) is 0. The molecule has 1 atom stereocenters. The molecule has 2 rings (SSSR count). The highest BCUT2D eigenvalue weighted by atomic mass is 16.5. The molecule has 5 heteroatoms. The van der Waals surface area contributed by atoms with Crippen LogP contribution in [0.5, 0.6) is 11.5 Å². The number of carbonyl (C=O) groups is 2. The van der Waals surface area contributed by atoms with Gasteiger partial charge in [-0.15, -0.1) is 0 Å². The third-order valence-electron chi connectivity index (χ3n) is 3.10. The lowest BCUT2D eigenvalue weighted by Gasteiger charge is -2.24. The Kier molecular flexibility index (Phi) is 3.85. The number of ether oxygens (including phenoxy) is 1. The number of rotatable bonds is 4. The molecule has 0 aliphatic carbocycles. The van der Waals surface area contributed by atoms with Crippen molar-refractivity contribution in [3.05, 3.63) is 23.3 Å². The van der Waals surface area contributed by atoms with Crippen molar-refractivity contribution < 1.29 is 24.5 Å². The van der Waals surface area contributed by atoms with Gasteiger partial charge in [0.05, 0.1) is 13.0 Å². The first-order chi connectivity index (χ1) is 9.01. The van der Waals surface area contributed by atoms with Crippen molar-refractivity contribution in [1.29, 1.82) is 0 Å². The first-order valence-electron chi connectivity index (χ1n) is 6.17. The van der Waals surface area contributed by atoms with Gasteiger partial charge in [-0.2, -0.15) is 0 Å². The number of aliphatic hydroxyl groups excluding tert-OH is 1. The lowest BCUT2D eigenvalue weighted by atomic mass is 9.96. The Morgan fingerprint density at radius 1 is 1.47 bits per heavy atom. The number of aliphatic hydroxyl groups is 1. The summed E-state index contributed by atoms with van der Waals surface area (Å²) >= 11 is 0. The lowest BCUT2D eigenvalue weighted by Crippen LogP contribution is -2.30. The zero-order valence-corrected chi connectivity index (χ0v) is 10.7. The molecular formula is C14H16O5. The Morgan fingerprint density at radius 2 is 2.21 bits per heavy atom. The van der Waals surface area contributed by atoms with Crippen molar-refractivity contribution in [2.45, 2.75) is 32.3 Å². The van der Waals surface area contributed by atoms with E-state index in [0.29, 0.717) is 12.8 Å². The summed E-state index contributed by atoms with van der Waals surface area (Å²) in [5.74, 6) is -0.0235. The number of fused-ring (bicyclic) bond motifs is 1. The zero-order chi connectivity index (χ0) is 14.0. The number of aryl methyl sites for hydroxylation is 1. The van der Waals surface area contributed by atoms with E-state index in [9.17, 15) is 14.7 Å². The molecule has 0 fully saturated rings. The van der Waals surface area contributed by atoms with E-state index in [4.69, 9.17) is 9.84 Å². The molecule has 1 heterocycles. The Labute approximate surface area is 110 Å². The number of carbonyl (C=O) groups excluding carboxylic acids is 2. The van der Waals surface area contributed by atoms with Gasteiger partial charge in [0.15, 0.2) is 5.78 Å². The van der Waals surface area contributed by atoms with E-state index in [1.807, 2.05) is 0 Å². The second kappa shape index (κ2) is 5.40. The van der Waals surface area contributed by atoms with E-state index < -0.39 is 6.10 Å². The van der Waals surface area contributed by atoms with E-state index in [1.165, 1.54) is 13.0 Å². The molecule has 0 radical (unpaired) electrons. The number of Topliss-reactive ketones (excluding diaryl/α,β-unsaturated/α-hetero) is 2. The Balaban J connectivity index is 2.31. The van der Waals surface area contributed by atoms with Crippen molar-refractivity contribution in [1.82, 2.24) is 0 Å². The molecule has 0 amide bonds. The summed E-state index contributed by atoms with van der Waals surface area (Å²) in [5.41, 5.74) is 0.897. The quantitative estimate of drug-likeness (QED) is 0.854. The predicted molar refractivity (Wildman–Crippen MR) is 67.6 cm³/mol. The molecule has 102 valence electrons. The minimum atomic E-state index is -0.567. The molecule has 1 aliphatic heterocycles. The highest BCUT2D eigenvalue weighted by Gasteiger charge is 2.29. The molecule has 0 saturated heterocycles. The van der Waals surface area contributed by atoms with Gasteiger partial charge in [-0.3, -0.25) is 4.79 Å². The van der Waals surface area contributed by atoms with Crippen LogP contribution in [0.25, 0.3) is 0 Å². The van der Waals surface area contributed by atoms with Gasteiger partial charge >= 0.3 is 0 Å². The van der Waals surface area contributed by atoms with Gasteiger partial charge in [0.25, 0.3) is 0 Å².